The second-order valence-electron chi connectivity index (χ2n) is 36.0. The lowest BCUT2D eigenvalue weighted by Gasteiger charge is -2.33. The van der Waals surface area contributed by atoms with Gasteiger partial charge in [-0.15, -0.1) is 0 Å². The van der Waals surface area contributed by atoms with E-state index in [1.807, 2.05) is 162 Å². The number of hydrogen-bond acceptors (Lipinski definition) is 28. The van der Waals surface area contributed by atoms with Crippen LogP contribution in [0.1, 0.15) is 115 Å². The number of halogens is 5. The van der Waals surface area contributed by atoms with Crippen molar-refractivity contribution in [3.63, 3.8) is 0 Å². The highest BCUT2D eigenvalue weighted by atomic mass is 79.9. The maximum atomic E-state index is 13.2. The van der Waals surface area contributed by atoms with E-state index in [1.165, 1.54) is 11.6 Å². The van der Waals surface area contributed by atoms with Gasteiger partial charge in [-0.25, -0.2) is 14.4 Å². The molecule has 0 aliphatic carbocycles. The number of imide groups is 1. The highest BCUT2D eigenvalue weighted by Crippen LogP contribution is 2.49. The summed E-state index contributed by atoms with van der Waals surface area (Å²) in [5, 5.41) is 18.2. The van der Waals surface area contributed by atoms with Crippen molar-refractivity contribution in [3.8, 4) is 80.1 Å². The minimum atomic E-state index is -0.799. The quantitative estimate of drug-likeness (QED) is 0.0349. The number of anilines is 8. The largest absolute Gasteiger partial charge is 0.496 e. The third kappa shape index (κ3) is 28.2. The molecule has 142 heavy (non-hydrogen) atoms. The summed E-state index contributed by atoms with van der Waals surface area (Å²) in [6, 6.07) is 52.8. The first-order valence-corrected chi connectivity index (χ1v) is 49.7. The summed E-state index contributed by atoms with van der Waals surface area (Å²) in [5.74, 6) is 9.96. The molecule has 0 fully saturated rings. The summed E-state index contributed by atoms with van der Waals surface area (Å²) in [6.07, 6.45) is 0.101. The van der Waals surface area contributed by atoms with E-state index in [2.05, 4.69) is 116 Å². The number of fused-ring (bicyclic) bond motifs is 6. The van der Waals surface area contributed by atoms with E-state index in [9.17, 15) is 29.3 Å². The Kier molecular flexibility index (Phi) is 37.2. The monoisotopic (exact) mass is 2270 g/mol. The van der Waals surface area contributed by atoms with Crippen molar-refractivity contribution in [3.05, 3.63) is 242 Å². The highest BCUT2D eigenvalue weighted by molar-refractivity contribution is 9.11. The number of aryl methyl sites for hydroxylation is 3. The van der Waals surface area contributed by atoms with Gasteiger partial charge in [-0.2, -0.15) is 4.90 Å². The Balaban J connectivity index is 0.000000157. The van der Waals surface area contributed by atoms with E-state index in [0.29, 0.717) is 125 Å². The van der Waals surface area contributed by atoms with Gasteiger partial charge in [-0.05, 0) is 227 Å². The number of nitrogen functional groups attached to an aromatic ring is 1. The summed E-state index contributed by atoms with van der Waals surface area (Å²) in [6.45, 7) is 30.5. The van der Waals surface area contributed by atoms with Crippen molar-refractivity contribution < 1.29 is 99.7 Å². The van der Waals surface area contributed by atoms with Crippen molar-refractivity contribution in [2.24, 2.45) is 0 Å². The van der Waals surface area contributed by atoms with Crippen molar-refractivity contribution in [2.45, 2.75) is 139 Å². The maximum absolute atomic E-state index is 13.2. The normalized spacial score (nSPS) is 13.5. The molecule has 0 bridgehead atoms. The van der Waals surface area contributed by atoms with Crippen molar-refractivity contribution in [1.29, 1.82) is 0 Å². The zero-order valence-electron chi connectivity index (χ0n) is 82.7. The molecule has 7 heterocycles. The highest BCUT2D eigenvalue weighted by Gasteiger charge is 2.37. The van der Waals surface area contributed by atoms with Crippen LogP contribution in [0.15, 0.2) is 197 Å². The molecule has 6 aliphatic rings. The number of aromatic nitrogens is 1. The molecule has 3 N–H and O–H groups in total. The van der Waals surface area contributed by atoms with Crippen LogP contribution in [-0.2, 0) is 51.6 Å². The maximum Gasteiger partial charge on any atom is 0.424 e. The Morgan fingerprint density at radius 1 is 0.444 bits per heavy atom. The fourth-order valence-corrected chi connectivity index (χ4v) is 18.4. The standard InChI is InChI=1S/C26H33BrN2O6.C26H31N3O5.C16H15BrN2O4.C16H17BrN2O2.C11H12BrNO3.C10H11BrO2/c1-25(2,3)34-23(30)29(24(31)35-26(4,5)6)19-11-9-8-10-17(19)16-28-12-13-33-22-14-18(27)21(32-7)15-20(22)28;1-16-24(17(2)34-28-16)19-13-23-21(14-22(19)31-6)29(11-12-32-23)15-18-9-7-8-10-20(18)27-25(30)33-26(3,4)5;1-22-15-9-14-16(8-12(15)17)23-7-6-18(14)10-11-4-2-3-5-13(11)19(20)21;1-20-15-9-14-16(8-12(15)17)21-7-6-19(14)10-11-4-2-3-5-13(11)18;1-7(14)13-3-4-16-11-5-8(12)10(15-2)6-9(11)13;1-12-10-5-7-3-2-4-13-9(7)6-8(10)11/h8-11,14-15H,12-13,16H2,1-7H3;7-10,13-14H,11-12,15H2,1-6H3,(H,27,30);2-5,8-9H,6-7,10H2,1H3;2-5,8-9H,6-7,10,18H2,1H3;5-6H,3-4H2,1-2H3;5-6H,2-4H2,1H3. The molecule has 32 nitrogen and oxygen atoms in total. The summed E-state index contributed by atoms with van der Waals surface area (Å²) < 4.78 is 92.9. The lowest BCUT2D eigenvalue weighted by Crippen LogP contribution is -2.44. The van der Waals surface area contributed by atoms with Gasteiger partial charge < -0.3 is 106 Å². The van der Waals surface area contributed by atoms with E-state index in [1.54, 1.807) is 126 Å². The predicted octanol–water partition coefficient (Wildman–Crippen LogP) is 24.4. The molecule has 756 valence electrons. The number of hydrogen-bond donors (Lipinski definition) is 2. The smallest absolute Gasteiger partial charge is 0.424 e. The Bertz CT molecular complexity index is 6280. The average Bonchev–Trinajstić information content (AvgIpc) is 1.51. The second-order valence-corrected chi connectivity index (χ2v) is 40.2. The molecule has 0 radical (unpaired) electrons. The molecule has 6 aliphatic heterocycles. The number of nitro groups is 1. The fourth-order valence-electron chi connectivity index (χ4n) is 16.0. The number of carbonyl (C=O) groups is 4. The number of nitrogens with two attached hydrogens (primary N) is 1. The number of methoxy groups -OCH3 is 6. The molecule has 0 spiro atoms. The van der Waals surface area contributed by atoms with Crippen LogP contribution < -0.4 is 97.3 Å². The Morgan fingerprint density at radius 2 is 0.810 bits per heavy atom. The van der Waals surface area contributed by atoms with E-state index in [-0.39, 0.29) is 16.5 Å². The van der Waals surface area contributed by atoms with Gasteiger partial charge in [0, 0.05) is 116 Å². The summed E-state index contributed by atoms with van der Waals surface area (Å²) >= 11 is 17.2. The molecule has 0 unspecified atom stereocenters. The Morgan fingerprint density at radius 3 is 1.25 bits per heavy atom. The number of nitrogens with zero attached hydrogens (tertiary/aromatic N) is 8. The number of nitrogens with one attached hydrogen (secondary N) is 1. The molecular formula is C105H119Br5N10O22. The fraction of sp³-hybridized carbons (Fsp3) is 0.362. The first-order valence-electron chi connectivity index (χ1n) is 45.7. The predicted molar refractivity (Wildman–Crippen MR) is 567 cm³/mol. The SMILES string of the molecule is COc1cc2c(cc1-c1c(C)noc1C)OCCN2Cc1ccccc1NC(=O)OC(C)(C)C.COc1cc2c(cc1Br)OCCC2.COc1cc2c(cc1Br)OCCN2C(C)=O.COc1cc2c(cc1Br)OCCN2Cc1ccccc1N.COc1cc2c(cc1Br)OCCN2Cc1ccccc1N(C(=O)OC(C)(C)C)C(=O)OC(C)(C)C.COc1cc2c(cc1Br)OCCN2Cc1ccccc1[N+](=O)[O-]. The Hall–Kier alpha value is -12.7. The number of nitro benzene ring substituents is 1. The number of ether oxygens (including phenoxy) is 15. The lowest BCUT2D eigenvalue weighted by molar-refractivity contribution is -0.385. The van der Waals surface area contributed by atoms with E-state index < -0.39 is 35.1 Å². The zero-order chi connectivity index (χ0) is 103. The summed E-state index contributed by atoms with van der Waals surface area (Å²) in [4.78, 5) is 72.4. The molecule has 10 aromatic carbocycles. The number of benzene rings is 10. The van der Waals surface area contributed by atoms with Gasteiger partial charge in [-0.1, -0.05) is 78.0 Å². The van der Waals surface area contributed by atoms with Crippen molar-refractivity contribution in [2.75, 3.05) is 155 Å². The van der Waals surface area contributed by atoms with Crippen LogP contribution in [0.25, 0.3) is 11.1 Å². The topological polar surface area (TPSA) is 333 Å². The van der Waals surface area contributed by atoms with Gasteiger partial charge in [0.1, 0.15) is 125 Å². The van der Waals surface area contributed by atoms with Gasteiger partial charge in [0.05, 0.1) is 155 Å². The third-order valence-corrected chi connectivity index (χ3v) is 25.6. The number of amides is 4. The van der Waals surface area contributed by atoms with Crippen LogP contribution in [0.5, 0.6) is 69.0 Å². The van der Waals surface area contributed by atoms with Crippen LogP contribution >= 0.6 is 79.6 Å². The first-order chi connectivity index (χ1) is 67.7. The molecule has 17 rings (SSSR count). The molecule has 0 saturated heterocycles. The van der Waals surface area contributed by atoms with E-state index in [0.717, 1.165) is 173 Å². The van der Waals surface area contributed by atoms with Gasteiger partial charge in [-0.3, -0.25) is 20.2 Å². The van der Waals surface area contributed by atoms with E-state index >= 15 is 0 Å². The number of rotatable bonds is 18. The summed E-state index contributed by atoms with van der Waals surface area (Å²) in [5.41, 5.74) is 17.7. The molecule has 4 amide bonds. The van der Waals surface area contributed by atoms with Crippen LogP contribution in [0.3, 0.4) is 0 Å². The minimum Gasteiger partial charge on any atom is -0.496 e. The molecule has 0 saturated carbocycles. The lowest BCUT2D eigenvalue weighted by atomic mass is 10.0. The van der Waals surface area contributed by atoms with Crippen molar-refractivity contribution in [1.82, 2.24) is 5.16 Å². The third-order valence-electron chi connectivity index (χ3n) is 22.5. The van der Waals surface area contributed by atoms with Gasteiger partial charge in [0.25, 0.3) is 5.69 Å². The van der Waals surface area contributed by atoms with Crippen LogP contribution in [-0.4, -0.2) is 166 Å². The molecule has 0 atom stereocenters. The van der Waals surface area contributed by atoms with Crippen molar-refractivity contribution >= 4 is 155 Å². The van der Waals surface area contributed by atoms with Crippen LogP contribution in [0, 0.1) is 24.0 Å². The van der Waals surface area contributed by atoms with Crippen LogP contribution in [0.4, 0.5) is 65.6 Å². The zero-order valence-corrected chi connectivity index (χ0v) is 90.6. The molecule has 1 aromatic heterocycles. The van der Waals surface area contributed by atoms with Gasteiger partial charge in [0.2, 0.25) is 5.91 Å². The molecule has 37 heteroatoms. The first kappa shape index (κ1) is 108. The Labute approximate surface area is 869 Å². The van der Waals surface area contributed by atoms with Gasteiger partial charge in [0.15, 0.2) is 0 Å². The molecule has 11 aromatic rings. The summed E-state index contributed by atoms with van der Waals surface area (Å²) in [7, 11) is 9.79. The minimum absolute atomic E-state index is 0.00826. The van der Waals surface area contributed by atoms with Crippen LogP contribution in [0.2, 0.25) is 0 Å². The number of para-hydroxylation sites is 4. The van der Waals surface area contributed by atoms with Gasteiger partial charge >= 0.3 is 18.3 Å². The van der Waals surface area contributed by atoms with E-state index in [4.69, 9.17) is 81.3 Å². The molecular weight excluding hydrogens is 2150 g/mol. The number of carbonyl (C=O) groups excluding carboxylic acids is 4. The average molecular weight is 2270 g/mol. The second kappa shape index (κ2) is 48.8.